The Labute approximate surface area is 183 Å². The van der Waals surface area contributed by atoms with Crippen molar-refractivity contribution in [2.24, 2.45) is 11.8 Å². The first kappa shape index (κ1) is 22.9. The highest BCUT2D eigenvalue weighted by Gasteiger charge is 2.46. The zero-order chi connectivity index (χ0) is 22.4. The van der Waals surface area contributed by atoms with Gasteiger partial charge in [0, 0.05) is 25.6 Å². The van der Waals surface area contributed by atoms with Crippen LogP contribution in [0.1, 0.15) is 36.5 Å². The van der Waals surface area contributed by atoms with Gasteiger partial charge in [0.2, 0.25) is 0 Å². The molecule has 1 aliphatic rings. The average molecular weight is 428 g/mol. The van der Waals surface area contributed by atoms with Crippen LogP contribution in [0, 0.1) is 24.6 Å². The number of halogens is 1. The van der Waals surface area contributed by atoms with Crippen LogP contribution in [0.2, 0.25) is 0 Å². The van der Waals surface area contributed by atoms with Crippen molar-refractivity contribution in [3.05, 3.63) is 71.0 Å². The van der Waals surface area contributed by atoms with Gasteiger partial charge in [-0.15, -0.1) is 0 Å². The Bertz CT molecular complexity index is 874. The fourth-order valence-corrected chi connectivity index (χ4v) is 4.47. The van der Waals surface area contributed by atoms with Gasteiger partial charge in [0.05, 0.1) is 25.0 Å². The summed E-state index contributed by atoms with van der Waals surface area (Å²) in [5.74, 6) is -2.82. The summed E-state index contributed by atoms with van der Waals surface area (Å²) in [6, 6.07) is 14.7. The second-order valence-electron chi connectivity index (χ2n) is 7.88. The summed E-state index contributed by atoms with van der Waals surface area (Å²) in [4.78, 5) is 28.1. The summed E-state index contributed by atoms with van der Waals surface area (Å²) in [5.41, 5.74) is 2.20. The van der Waals surface area contributed by atoms with Gasteiger partial charge in [0.25, 0.3) is 0 Å². The zero-order valence-electron chi connectivity index (χ0n) is 18.3. The van der Waals surface area contributed by atoms with Gasteiger partial charge in [-0.25, -0.2) is 4.39 Å². The van der Waals surface area contributed by atoms with E-state index in [1.807, 2.05) is 30.3 Å². The molecule has 2 aromatic rings. The molecule has 31 heavy (non-hydrogen) atoms. The van der Waals surface area contributed by atoms with Crippen molar-refractivity contribution in [1.29, 1.82) is 0 Å². The maximum Gasteiger partial charge on any atom is 0.310 e. The van der Waals surface area contributed by atoms with Crippen LogP contribution in [-0.4, -0.2) is 43.1 Å². The predicted molar refractivity (Wildman–Crippen MR) is 116 cm³/mol. The maximum absolute atomic E-state index is 14.4. The van der Waals surface area contributed by atoms with Crippen molar-refractivity contribution in [2.45, 2.75) is 33.2 Å². The highest BCUT2D eigenvalue weighted by atomic mass is 19.1. The summed E-state index contributed by atoms with van der Waals surface area (Å²) >= 11 is 0. The second-order valence-corrected chi connectivity index (χ2v) is 7.88. The highest BCUT2D eigenvalue weighted by Crippen LogP contribution is 2.41. The molecule has 0 radical (unpaired) electrons. The number of hydrogen-bond donors (Lipinski definition) is 0. The summed E-state index contributed by atoms with van der Waals surface area (Å²) in [6.45, 7) is 7.13. The number of carbonyl (C=O) groups excluding carboxylic acids is 2. The van der Waals surface area contributed by atoms with Crippen molar-refractivity contribution >= 4 is 11.9 Å². The van der Waals surface area contributed by atoms with E-state index in [1.54, 1.807) is 32.9 Å². The number of hydrogen-bond acceptors (Lipinski definition) is 5. The Morgan fingerprint density at radius 2 is 1.52 bits per heavy atom. The lowest BCUT2D eigenvalue weighted by atomic mass is 9.72. The first-order valence-electron chi connectivity index (χ1n) is 10.8. The van der Waals surface area contributed by atoms with E-state index < -0.39 is 17.8 Å². The molecule has 0 saturated carbocycles. The van der Waals surface area contributed by atoms with E-state index in [-0.39, 0.29) is 31.0 Å². The second kappa shape index (κ2) is 10.5. The molecular formula is C25H30FNO4. The molecule has 3 rings (SSSR count). The minimum atomic E-state index is -0.604. The lowest BCUT2D eigenvalue weighted by Gasteiger charge is -2.42. The van der Waals surface area contributed by atoms with E-state index in [2.05, 4.69) is 4.90 Å². The van der Waals surface area contributed by atoms with E-state index in [9.17, 15) is 14.0 Å². The van der Waals surface area contributed by atoms with E-state index in [0.717, 1.165) is 5.56 Å². The molecule has 0 aromatic heterocycles. The van der Waals surface area contributed by atoms with Crippen LogP contribution in [0.3, 0.4) is 0 Å². The van der Waals surface area contributed by atoms with E-state index in [1.165, 1.54) is 6.07 Å². The number of nitrogens with zero attached hydrogens (tertiary/aromatic N) is 1. The molecule has 5 nitrogen and oxygen atoms in total. The molecule has 1 heterocycles. The third-order valence-electron chi connectivity index (χ3n) is 5.87. The fourth-order valence-electron chi connectivity index (χ4n) is 4.47. The number of likely N-dealkylation sites (tertiary alicyclic amines) is 1. The lowest BCUT2D eigenvalue weighted by Crippen LogP contribution is -2.51. The fraction of sp³-hybridized carbons (Fsp3) is 0.440. The van der Waals surface area contributed by atoms with Gasteiger partial charge in [0.15, 0.2) is 0 Å². The minimum Gasteiger partial charge on any atom is -0.466 e. The minimum absolute atomic E-state index is 0.243. The number of carbonyl (C=O) groups is 2. The van der Waals surface area contributed by atoms with Crippen LogP contribution in [0.25, 0.3) is 0 Å². The Morgan fingerprint density at radius 3 is 2.06 bits per heavy atom. The largest absolute Gasteiger partial charge is 0.466 e. The number of piperidine rings is 1. The summed E-state index contributed by atoms with van der Waals surface area (Å²) < 4.78 is 25.2. The van der Waals surface area contributed by atoms with Gasteiger partial charge in [-0.1, -0.05) is 42.5 Å². The van der Waals surface area contributed by atoms with Crippen LogP contribution >= 0.6 is 0 Å². The third kappa shape index (κ3) is 5.31. The third-order valence-corrected chi connectivity index (χ3v) is 5.87. The van der Waals surface area contributed by atoms with Gasteiger partial charge >= 0.3 is 11.9 Å². The quantitative estimate of drug-likeness (QED) is 0.623. The number of esters is 2. The molecule has 1 aliphatic heterocycles. The molecule has 0 spiro atoms. The summed E-state index contributed by atoms with van der Waals surface area (Å²) in [5, 5.41) is 0. The van der Waals surface area contributed by atoms with E-state index >= 15 is 0 Å². The molecule has 6 heteroatoms. The molecule has 2 atom stereocenters. The van der Waals surface area contributed by atoms with E-state index in [4.69, 9.17) is 9.47 Å². The van der Waals surface area contributed by atoms with Crippen molar-refractivity contribution in [3.8, 4) is 0 Å². The zero-order valence-corrected chi connectivity index (χ0v) is 18.3. The summed E-state index contributed by atoms with van der Waals surface area (Å²) in [7, 11) is 0. The predicted octanol–water partition coefficient (Wildman–Crippen LogP) is 4.09. The molecule has 166 valence electrons. The smallest absolute Gasteiger partial charge is 0.310 e. The van der Waals surface area contributed by atoms with Crippen LogP contribution in [0.15, 0.2) is 48.5 Å². The Hall–Kier alpha value is -2.73. The van der Waals surface area contributed by atoms with Crippen molar-refractivity contribution in [2.75, 3.05) is 26.3 Å². The lowest BCUT2D eigenvalue weighted by molar-refractivity contribution is -0.158. The van der Waals surface area contributed by atoms with Gasteiger partial charge in [-0.05, 0) is 43.5 Å². The highest BCUT2D eigenvalue weighted by molar-refractivity contribution is 5.79. The molecular weight excluding hydrogens is 397 g/mol. The van der Waals surface area contributed by atoms with Crippen LogP contribution in [0.5, 0.6) is 0 Å². The van der Waals surface area contributed by atoms with Crippen molar-refractivity contribution < 1.29 is 23.5 Å². The molecule has 1 fully saturated rings. The molecule has 0 N–H and O–H groups in total. The molecule has 0 bridgehead atoms. The van der Waals surface area contributed by atoms with Gasteiger partial charge in [0.1, 0.15) is 5.82 Å². The van der Waals surface area contributed by atoms with Crippen LogP contribution in [-0.2, 0) is 25.6 Å². The van der Waals surface area contributed by atoms with Crippen LogP contribution < -0.4 is 0 Å². The Balaban J connectivity index is 2.02. The standard InChI is InChI=1S/C25H30FNO4/c1-4-30-24(28)20-15-27(14-18-10-7-6-8-11-18)16-21(25(29)31-5-2)23(20)19-12-9-13-22(26)17(19)3/h6-13,20-21,23H,4-5,14-16H2,1-3H3. The number of benzene rings is 2. The topological polar surface area (TPSA) is 55.8 Å². The monoisotopic (exact) mass is 427 g/mol. The Kier molecular flexibility index (Phi) is 7.80. The van der Waals surface area contributed by atoms with Gasteiger partial charge in [-0.3, -0.25) is 14.5 Å². The maximum atomic E-state index is 14.4. The van der Waals surface area contributed by atoms with Gasteiger partial charge in [-0.2, -0.15) is 0 Å². The van der Waals surface area contributed by atoms with E-state index in [0.29, 0.717) is 30.8 Å². The van der Waals surface area contributed by atoms with Gasteiger partial charge < -0.3 is 9.47 Å². The number of rotatable bonds is 7. The first-order valence-corrected chi connectivity index (χ1v) is 10.8. The molecule has 1 saturated heterocycles. The van der Waals surface area contributed by atoms with Crippen molar-refractivity contribution in [3.63, 3.8) is 0 Å². The Morgan fingerprint density at radius 1 is 0.935 bits per heavy atom. The molecule has 0 aliphatic carbocycles. The molecule has 2 unspecified atom stereocenters. The first-order chi connectivity index (χ1) is 15.0. The SMILES string of the molecule is CCOC(=O)C1CN(Cc2ccccc2)CC(C(=O)OCC)C1c1cccc(F)c1C. The van der Waals surface area contributed by atoms with Crippen molar-refractivity contribution in [1.82, 2.24) is 4.90 Å². The van der Waals surface area contributed by atoms with Crippen LogP contribution in [0.4, 0.5) is 4.39 Å². The normalized spacial score (nSPS) is 21.5. The summed E-state index contributed by atoms with van der Waals surface area (Å²) in [6.07, 6.45) is 0. The number of ether oxygens (including phenoxy) is 2. The molecule has 2 aromatic carbocycles. The average Bonchev–Trinajstić information content (AvgIpc) is 2.76. The molecule has 0 amide bonds.